The minimum atomic E-state index is -0.550. The van der Waals surface area contributed by atoms with E-state index in [1.54, 1.807) is 24.5 Å². The molecule has 0 aliphatic heterocycles. The summed E-state index contributed by atoms with van der Waals surface area (Å²) in [6.07, 6.45) is 4.43. The van der Waals surface area contributed by atoms with Gasteiger partial charge in [0.25, 0.3) is 0 Å². The molecule has 1 heterocycles. The van der Waals surface area contributed by atoms with Crippen molar-refractivity contribution in [1.82, 2.24) is 4.98 Å². The summed E-state index contributed by atoms with van der Waals surface area (Å²) < 4.78 is 0. The number of hydrogen-bond acceptors (Lipinski definition) is 3. The van der Waals surface area contributed by atoms with Crippen LogP contribution in [0.3, 0.4) is 0 Å². The lowest BCUT2D eigenvalue weighted by molar-refractivity contribution is -0.121. The molecule has 4 heteroatoms. The Morgan fingerprint density at radius 3 is 2.55 bits per heavy atom. The first-order valence-electron chi connectivity index (χ1n) is 6.49. The van der Waals surface area contributed by atoms with Gasteiger partial charge in [-0.15, -0.1) is 0 Å². The molecule has 1 atom stereocenters. The second-order valence-corrected chi connectivity index (χ2v) is 4.99. The van der Waals surface area contributed by atoms with Crippen molar-refractivity contribution in [3.8, 4) is 0 Å². The van der Waals surface area contributed by atoms with Gasteiger partial charge in [0.2, 0.25) is 0 Å². The molecule has 0 spiro atoms. The maximum atomic E-state index is 12.3. The minimum Gasteiger partial charge on any atom is -0.395 e. The van der Waals surface area contributed by atoms with Crippen molar-refractivity contribution < 1.29 is 9.90 Å². The van der Waals surface area contributed by atoms with Crippen LogP contribution < -0.4 is 0 Å². The third-order valence-corrected chi connectivity index (χ3v) is 3.61. The molecule has 1 aromatic carbocycles. The van der Waals surface area contributed by atoms with Gasteiger partial charge in [-0.05, 0) is 35.7 Å². The average Bonchev–Trinajstić information content (AvgIpc) is 2.49. The number of aryl methyl sites for hydroxylation is 1. The maximum absolute atomic E-state index is 12.3. The number of aliphatic hydroxyl groups excluding tert-OH is 1. The molecule has 0 aliphatic carbocycles. The van der Waals surface area contributed by atoms with Crippen molar-refractivity contribution in [3.63, 3.8) is 0 Å². The van der Waals surface area contributed by atoms with Gasteiger partial charge < -0.3 is 5.11 Å². The number of pyridine rings is 1. The Labute approximate surface area is 123 Å². The summed E-state index contributed by atoms with van der Waals surface area (Å²) in [5.41, 5.74) is 1.75. The number of nitrogens with zero attached hydrogens (tertiary/aromatic N) is 1. The molecule has 0 radical (unpaired) electrons. The lowest BCUT2D eigenvalue weighted by Gasteiger charge is -2.15. The van der Waals surface area contributed by atoms with Crippen molar-refractivity contribution >= 4 is 17.4 Å². The number of rotatable bonds is 6. The summed E-state index contributed by atoms with van der Waals surface area (Å²) in [7, 11) is 0. The van der Waals surface area contributed by atoms with Crippen LogP contribution in [0.25, 0.3) is 0 Å². The van der Waals surface area contributed by atoms with Gasteiger partial charge in [0.1, 0.15) is 5.78 Å². The van der Waals surface area contributed by atoms with E-state index >= 15 is 0 Å². The summed E-state index contributed by atoms with van der Waals surface area (Å²) in [6.45, 7) is -0.223. The molecular formula is C16H16ClNO2. The quantitative estimate of drug-likeness (QED) is 0.889. The van der Waals surface area contributed by atoms with E-state index in [2.05, 4.69) is 4.98 Å². The van der Waals surface area contributed by atoms with Crippen molar-refractivity contribution in [2.45, 2.75) is 18.8 Å². The van der Waals surface area contributed by atoms with Crippen LogP contribution in [0.15, 0.2) is 48.8 Å². The van der Waals surface area contributed by atoms with E-state index < -0.39 is 5.92 Å². The molecule has 0 saturated heterocycles. The highest BCUT2D eigenvalue weighted by Crippen LogP contribution is 2.26. The Morgan fingerprint density at radius 2 is 1.90 bits per heavy atom. The Hall–Kier alpha value is -1.71. The van der Waals surface area contributed by atoms with Crippen LogP contribution in [-0.4, -0.2) is 22.5 Å². The van der Waals surface area contributed by atoms with E-state index in [0.29, 0.717) is 23.4 Å². The molecule has 104 valence electrons. The molecular weight excluding hydrogens is 274 g/mol. The molecule has 2 rings (SSSR count). The Morgan fingerprint density at radius 1 is 1.20 bits per heavy atom. The molecule has 1 aromatic heterocycles. The molecule has 0 amide bonds. The zero-order valence-corrected chi connectivity index (χ0v) is 11.8. The SMILES string of the molecule is O=C(CCc1ccncc1)[C@@H](CO)c1ccccc1Cl. The highest BCUT2D eigenvalue weighted by molar-refractivity contribution is 6.31. The first kappa shape index (κ1) is 14.7. The smallest absolute Gasteiger partial charge is 0.143 e. The van der Waals surface area contributed by atoms with Crippen LogP contribution in [0.1, 0.15) is 23.5 Å². The van der Waals surface area contributed by atoms with E-state index in [4.69, 9.17) is 11.6 Å². The van der Waals surface area contributed by atoms with Crippen LogP contribution in [0.4, 0.5) is 0 Å². The predicted molar refractivity (Wildman–Crippen MR) is 78.8 cm³/mol. The molecule has 0 unspecified atom stereocenters. The van der Waals surface area contributed by atoms with Gasteiger partial charge in [0.15, 0.2) is 0 Å². The number of hydrogen-bond donors (Lipinski definition) is 1. The Balaban J connectivity index is 2.05. The molecule has 0 aliphatic rings. The van der Waals surface area contributed by atoms with E-state index in [1.165, 1.54) is 0 Å². The standard InChI is InChI=1S/C16H16ClNO2/c17-15-4-2-1-3-13(15)14(11-19)16(20)6-5-12-7-9-18-10-8-12/h1-4,7-10,14,19H,5-6,11H2/t14-/m0/s1. The second-order valence-electron chi connectivity index (χ2n) is 4.58. The van der Waals surface area contributed by atoms with Gasteiger partial charge in [0.05, 0.1) is 12.5 Å². The second kappa shape index (κ2) is 7.17. The number of aliphatic hydroxyl groups is 1. The summed E-state index contributed by atoms with van der Waals surface area (Å²) in [5, 5.41) is 10.00. The number of aromatic nitrogens is 1. The van der Waals surface area contributed by atoms with Crippen LogP contribution in [0.2, 0.25) is 5.02 Å². The number of benzene rings is 1. The molecule has 0 saturated carbocycles. The first-order chi connectivity index (χ1) is 9.72. The fourth-order valence-corrected chi connectivity index (χ4v) is 2.39. The van der Waals surface area contributed by atoms with E-state index in [0.717, 1.165) is 5.56 Å². The average molecular weight is 290 g/mol. The molecule has 1 N–H and O–H groups in total. The van der Waals surface area contributed by atoms with Crippen LogP contribution in [0, 0.1) is 0 Å². The highest BCUT2D eigenvalue weighted by atomic mass is 35.5. The van der Waals surface area contributed by atoms with Crippen molar-refractivity contribution in [1.29, 1.82) is 0 Å². The molecule has 20 heavy (non-hydrogen) atoms. The van der Waals surface area contributed by atoms with Crippen LogP contribution >= 0.6 is 11.6 Å². The van der Waals surface area contributed by atoms with Crippen LogP contribution in [0.5, 0.6) is 0 Å². The Bertz CT molecular complexity index is 572. The topological polar surface area (TPSA) is 50.2 Å². The fraction of sp³-hybridized carbons (Fsp3) is 0.250. The Kier molecular flexibility index (Phi) is 5.27. The summed E-state index contributed by atoms with van der Waals surface area (Å²) in [5.74, 6) is -0.553. The predicted octanol–water partition coefficient (Wildman–Crippen LogP) is 3.01. The summed E-state index contributed by atoms with van der Waals surface area (Å²) >= 11 is 6.09. The maximum Gasteiger partial charge on any atom is 0.143 e. The fourth-order valence-electron chi connectivity index (χ4n) is 2.12. The number of ketones is 1. The summed E-state index contributed by atoms with van der Waals surface area (Å²) in [6, 6.07) is 10.9. The monoisotopic (exact) mass is 289 g/mol. The lowest BCUT2D eigenvalue weighted by Crippen LogP contribution is -2.17. The molecule has 0 fully saturated rings. The number of halogens is 1. The minimum absolute atomic E-state index is 0.00240. The number of Topliss-reactive ketones (excluding diaryl/α,β-unsaturated/α-hetero) is 1. The number of carbonyl (C=O) groups excluding carboxylic acids is 1. The third-order valence-electron chi connectivity index (χ3n) is 3.26. The first-order valence-corrected chi connectivity index (χ1v) is 6.87. The van der Waals surface area contributed by atoms with Crippen LogP contribution in [-0.2, 0) is 11.2 Å². The highest BCUT2D eigenvalue weighted by Gasteiger charge is 2.21. The van der Waals surface area contributed by atoms with Gasteiger partial charge in [-0.25, -0.2) is 0 Å². The molecule has 2 aromatic rings. The zero-order chi connectivity index (χ0) is 14.4. The molecule has 0 bridgehead atoms. The van der Waals surface area contributed by atoms with Crippen molar-refractivity contribution in [2.24, 2.45) is 0 Å². The van der Waals surface area contributed by atoms with Gasteiger partial charge in [0, 0.05) is 23.8 Å². The van der Waals surface area contributed by atoms with E-state index in [1.807, 2.05) is 24.3 Å². The lowest BCUT2D eigenvalue weighted by atomic mass is 9.92. The van der Waals surface area contributed by atoms with Gasteiger partial charge in [-0.3, -0.25) is 9.78 Å². The normalized spacial score (nSPS) is 12.1. The molecule has 3 nitrogen and oxygen atoms in total. The number of carbonyl (C=O) groups is 1. The van der Waals surface area contributed by atoms with Gasteiger partial charge >= 0.3 is 0 Å². The zero-order valence-electron chi connectivity index (χ0n) is 11.0. The largest absolute Gasteiger partial charge is 0.395 e. The van der Waals surface area contributed by atoms with Crippen molar-refractivity contribution in [3.05, 3.63) is 64.9 Å². The summed E-state index contributed by atoms with van der Waals surface area (Å²) in [4.78, 5) is 16.2. The van der Waals surface area contributed by atoms with E-state index in [-0.39, 0.29) is 12.4 Å². The van der Waals surface area contributed by atoms with Gasteiger partial charge in [-0.1, -0.05) is 29.8 Å². The van der Waals surface area contributed by atoms with Gasteiger partial charge in [-0.2, -0.15) is 0 Å². The van der Waals surface area contributed by atoms with Crippen molar-refractivity contribution in [2.75, 3.05) is 6.61 Å². The van der Waals surface area contributed by atoms with E-state index in [9.17, 15) is 9.90 Å². The third kappa shape index (κ3) is 3.65.